The van der Waals surface area contributed by atoms with Gasteiger partial charge in [-0.05, 0) is 19.2 Å². The Labute approximate surface area is 126 Å². The maximum absolute atomic E-state index is 12.4. The Balaban J connectivity index is 1.88. The number of hydrogen-bond donors (Lipinski definition) is 1. The van der Waals surface area contributed by atoms with Gasteiger partial charge in [-0.3, -0.25) is 4.79 Å². The average Bonchev–Trinajstić information content (AvgIpc) is 2.82. The van der Waals surface area contributed by atoms with Crippen LogP contribution in [0.15, 0.2) is 12.1 Å². The Hall–Kier alpha value is -1.30. The summed E-state index contributed by atoms with van der Waals surface area (Å²) >= 11 is 11.9. The van der Waals surface area contributed by atoms with E-state index in [-0.39, 0.29) is 5.91 Å². The second kappa shape index (κ2) is 5.24. The van der Waals surface area contributed by atoms with E-state index in [9.17, 15) is 4.79 Å². The number of imidazole rings is 1. The molecule has 1 fully saturated rings. The van der Waals surface area contributed by atoms with Crippen LogP contribution >= 0.6 is 23.2 Å². The van der Waals surface area contributed by atoms with Crippen molar-refractivity contribution in [1.82, 2.24) is 19.8 Å². The van der Waals surface area contributed by atoms with Crippen molar-refractivity contribution in [2.24, 2.45) is 0 Å². The topological polar surface area (TPSA) is 52.2 Å². The standard InChI is InChI=1S/C13H14Cl2N4O/c1-18-2-4-19(5-3-18)13(20)12-16-10-6-8(14)9(15)7-11(10)17-12/h6-7H,2-5H2,1H3,(H,16,17). The van der Waals surface area contributed by atoms with Crippen LogP contribution in [-0.2, 0) is 0 Å². The number of rotatable bonds is 1. The Bertz CT molecular complexity index is 623. The highest BCUT2D eigenvalue weighted by molar-refractivity contribution is 6.42. The van der Waals surface area contributed by atoms with Crippen LogP contribution in [0, 0.1) is 0 Å². The molecule has 1 aliphatic rings. The number of fused-ring (bicyclic) bond motifs is 1. The second-order valence-corrected chi connectivity index (χ2v) is 5.78. The molecule has 0 bridgehead atoms. The molecular weight excluding hydrogens is 299 g/mol. The quantitative estimate of drug-likeness (QED) is 0.878. The SMILES string of the molecule is CN1CCN(C(=O)c2nc3cc(Cl)c(Cl)cc3[nH]2)CC1. The van der Waals surface area contributed by atoms with E-state index >= 15 is 0 Å². The van der Waals surface area contributed by atoms with Gasteiger partial charge in [0.15, 0.2) is 5.82 Å². The second-order valence-electron chi connectivity index (χ2n) is 4.96. The summed E-state index contributed by atoms with van der Waals surface area (Å²) in [5.41, 5.74) is 1.37. The van der Waals surface area contributed by atoms with Crippen LogP contribution in [0.2, 0.25) is 10.0 Å². The number of nitrogens with one attached hydrogen (secondary N) is 1. The summed E-state index contributed by atoms with van der Waals surface area (Å²) in [5.74, 6) is 0.254. The summed E-state index contributed by atoms with van der Waals surface area (Å²) in [7, 11) is 2.05. The van der Waals surface area contributed by atoms with Crippen molar-refractivity contribution in [2.75, 3.05) is 33.2 Å². The minimum Gasteiger partial charge on any atom is -0.334 e. The number of piperazine rings is 1. The maximum atomic E-state index is 12.4. The first kappa shape index (κ1) is 13.7. The summed E-state index contributed by atoms with van der Waals surface area (Å²) in [6.07, 6.45) is 0. The Morgan fingerprint density at radius 1 is 1.20 bits per heavy atom. The first-order chi connectivity index (χ1) is 9.54. The predicted octanol–water partition coefficient (Wildman–Crippen LogP) is 2.26. The number of hydrogen-bond acceptors (Lipinski definition) is 3. The van der Waals surface area contributed by atoms with Gasteiger partial charge in [-0.1, -0.05) is 23.2 Å². The zero-order valence-corrected chi connectivity index (χ0v) is 12.5. The van der Waals surface area contributed by atoms with E-state index in [0.717, 1.165) is 18.6 Å². The number of H-pyrrole nitrogens is 1. The van der Waals surface area contributed by atoms with Crippen LogP contribution in [0.5, 0.6) is 0 Å². The summed E-state index contributed by atoms with van der Waals surface area (Å²) in [6.45, 7) is 3.19. The zero-order valence-electron chi connectivity index (χ0n) is 11.0. The van der Waals surface area contributed by atoms with Crippen molar-refractivity contribution in [2.45, 2.75) is 0 Å². The monoisotopic (exact) mass is 312 g/mol. The van der Waals surface area contributed by atoms with Crippen LogP contribution in [0.25, 0.3) is 11.0 Å². The van der Waals surface area contributed by atoms with Gasteiger partial charge in [0.1, 0.15) is 0 Å². The third-order valence-corrected chi connectivity index (χ3v) is 4.24. The van der Waals surface area contributed by atoms with Crippen molar-refractivity contribution in [3.8, 4) is 0 Å². The average molecular weight is 313 g/mol. The van der Waals surface area contributed by atoms with E-state index in [1.807, 2.05) is 7.05 Å². The molecule has 1 aromatic carbocycles. The van der Waals surface area contributed by atoms with Gasteiger partial charge in [-0.2, -0.15) is 0 Å². The normalized spacial score (nSPS) is 16.9. The first-order valence-electron chi connectivity index (χ1n) is 6.37. The Kier molecular flexibility index (Phi) is 3.58. The number of likely N-dealkylation sites (N-methyl/N-ethyl adjacent to an activating group) is 1. The minimum atomic E-state index is -0.0819. The highest BCUT2D eigenvalue weighted by Crippen LogP contribution is 2.26. The number of nitrogens with zero attached hydrogens (tertiary/aromatic N) is 3. The van der Waals surface area contributed by atoms with Crippen molar-refractivity contribution >= 4 is 40.1 Å². The van der Waals surface area contributed by atoms with E-state index < -0.39 is 0 Å². The number of carbonyl (C=O) groups is 1. The lowest BCUT2D eigenvalue weighted by Gasteiger charge is -2.31. The van der Waals surface area contributed by atoms with Crippen LogP contribution in [-0.4, -0.2) is 58.9 Å². The molecule has 0 saturated carbocycles. The minimum absolute atomic E-state index is 0.0819. The molecule has 0 atom stereocenters. The first-order valence-corrected chi connectivity index (χ1v) is 7.13. The molecule has 2 heterocycles. The summed E-state index contributed by atoms with van der Waals surface area (Å²) < 4.78 is 0. The summed E-state index contributed by atoms with van der Waals surface area (Å²) in [6, 6.07) is 3.35. The number of halogens is 2. The van der Waals surface area contributed by atoms with Crippen LogP contribution in [0.3, 0.4) is 0 Å². The molecule has 0 unspecified atom stereocenters. The Morgan fingerprint density at radius 2 is 1.85 bits per heavy atom. The van der Waals surface area contributed by atoms with Crippen LogP contribution in [0.4, 0.5) is 0 Å². The van der Waals surface area contributed by atoms with E-state index in [2.05, 4.69) is 14.9 Å². The molecule has 1 aliphatic heterocycles. The van der Waals surface area contributed by atoms with Gasteiger partial charge in [0.05, 0.1) is 21.1 Å². The third kappa shape index (κ3) is 2.49. The molecule has 20 heavy (non-hydrogen) atoms. The lowest BCUT2D eigenvalue weighted by atomic mass is 10.3. The zero-order chi connectivity index (χ0) is 14.3. The molecule has 0 spiro atoms. The van der Waals surface area contributed by atoms with Gasteiger partial charge in [-0.25, -0.2) is 4.98 Å². The number of amides is 1. The van der Waals surface area contributed by atoms with Crippen molar-refractivity contribution < 1.29 is 4.79 Å². The van der Waals surface area contributed by atoms with Gasteiger partial charge in [0, 0.05) is 26.2 Å². The van der Waals surface area contributed by atoms with E-state index in [0.29, 0.717) is 34.5 Å². The molecule has 2 aromatic rings. The van der Waals surface area contributed by atoms with E-state index in [1.165, 1.54) is 0 Å². The lowest BCUT2D eigenvalue weighted by molar-refractivity contribution is 0.0653. The largest absolute Gasteiger partial charge is 0.334 e. The number of benzene rings is 1. The molecule has 1 saturated heterocycles. The number of carbonyl (C=O) groups excluding carboxylic acids is 1. The fourth-order valence-corrected chi connectivity index (χ4v) is 2.59. The molecular formula is C13H14Cl2N4O. The van der Waals surface area contributed by atoms with Crippen LogP contribution < -0.4 is 0 Å². The van der Waals surface area contributed by atoms with Crippen molar-refractivity contribution in [3.05, 3.63) is 28.0 Å². The molecule has 0 aliphatic carbocycles. The molecule has 1 amide bonds. The molecule has 7 heteroatoms. The maximum Gasteiger partial charge on any atom is 0.289 e. The Morgan fingerprint density at radius 3 is 2.55 bits per heavy atom. The van der Waals surface area contributed by atoms with Gasteiger partial charge < -0.3 is 14.8 Å². The number of aromatic amines is 1. The lowest BCUT2D eigenvalue weighted by Crippen LogP contribution is -2.47. The fourth-order valence-electron chi connectivity index (χ4n) is 2.27. The third-order valence-electron chi connectivity index (χ3n) is 3.52. The van der Waals surface area contributed by atoms with Gasteiger partial charge in [0.25, 0.3) is 5.91 Å². The fraction of sp³-hybridized carbons (Fsp3) is 0.385. The predicted molar refractivity (Wildman–Crippen MR) is 79.5 cm³/mol. The summed E-state index contributed by atoms with van der Waals surface area (Å²) in [5, 5.41) is 0.880. The van der Waals surface area contributed by atoms with E-state index in [4.69, 9.17) is 23.2 Å². The highest BCUT2D eigenvalue weighted by Gasteiger charge is 2.23. The molecule has 3 rings (SSSR count). The molecule has 1 aromatic heterocycles. The highest BCUT2D eigenvalue weighted by atomic mass is 35.5. The molecule has 1 N–H and O–H groups in total. The summed E-state index contributed by atoms with van der Waals surface area (Å²) in [4.78, 5) is 23.7. The van der Waals surface area contributed by atoms with Crippen molar-refractivity contribution in [3.63, 3.8) is 0 Å². The van der Waals surface area contributed by atoms with Crippen molar-refractivity contribution in [1.29, 1.82) is 0 Å². The van der Waals surface area contributed by atoms with Gasteiger partial charge in [-0.15, -0.1) is 0 Å². The van der Waals surface area contributed by atoms with Gasteiger partial charge >= 0.3 is 0 Å². The van der Waals surface area contributed by atoms with Gasteiger partial charge in [0.2, 0.25) is 0 Å². The molecule has 5 nitrogen and oxygen atoms in total. The number of aromatic nitrogens is 2. The van der Waals surface area contributed by atoms with E-state index in [1.54, 1.807) is 17.0 Å². The van der Waals surface area contributed by atoms with Crippen LogP contribution in [0.1, 0.15) is 10.6 Å². The smallest absolute Gasteiger partial charge is 0.289 e. The molecule has 106 valence electrons. The molecule has 0 radical (unpaired) electrons.